The molecule has 1 fully saturated rings. The van der Waals surface area contributed by atoms with Gasteiger partial charge in [-0.15, -0.1) is 0 Å². The first kappa shape index (κ1) is 16.5. The number of nitrogens with one attached hydrogen (secondary N) is 2. The number of carbonyl (C=O) groups is 2. The molecule has 4 heteroatoms. The van der Waals surface area contributed by atoms with Gasteiger partial charge in [-0.25, -0.2) is 0 Å². The minimum Gasteiger partial charge on any atom is -0.352 e. The molecule has 0 aromatic rings. The average Bonchev–Trinajstić information content (AvgIpc) is 2.33. The van der Waals surface area contributed by atoms with Crippen LogP contribution in [-0.4, -0.2) is 24.4 Å². The van der Waals surface area contributed by atoms with Crippen LogP contribution in [0, 0.1) is 10.8 Å². The summed E-state index contributed by atoms with van der Waals surface area (Å²) in [5, 5.41) is 5.87. The Balaban J connectivity index is 2.74. The van der Waals surface area contributed by atoms with E-state index in [4.69, 9.17) is 0 Å². The number of carbonyl (C=O) groups excluding carboxylic acids is 2. The van der Waals surface area contributed by atoms with E-state index in [-0.39, 0.29) is 28.7 Å². The fraction of sp³-hybridized carbons (Fsp3) is 0.625. The summed E-state index contributed by atoms with van der Waals surface area (Å²) in [5.41, 5.74) is 0.102. The Labute approximate surface area is 121 Å². The molecule has 1 aliphatic rings. The Hall–Kier alpha value is -1.58. The van der Waals surface area contributed by atoms with Gasteiger partial charge in [0, 0.05) is 12.6 Å². The zero-order valence-corrected chi connectivity index (χ0v) is 12.8. The lowest BCUT2D eigenvalue weighted by molar-refractivity contribution is -0.119. The van der Waals surface area contributed by atoms with E-state index in [2.05, 4.69) is 44.6 Å². The lowest BCUT2D eigenvalue weighted by atomic mass is 9.62. The largest absolute Gasteiger partial charge is 0.352 e. The van der Waals surface area contributed by atoms with Crippen LogP contribution < -0.4 is 10.6 Å². The topological polar surface area (TPSA) is 58.2 Å². The molecular weight excluding hydrogens is 252 g/mol. The van der Waals surface area contributed by atoms with Gasteiger partial charge in [-0.1, -0.05) is 33.9 Å². The van der Waals surface area contributed by atoms with Gasteiger partial charge in [-0.2, -0.15) is 0 Å². The molecule has 0 bridgehead atoms. The number of rotatable bonds is 5. The fourth-order valence-corrected chi connectivity index (χ4v) is 3.50. The molecule has 2 N–H and O–H groups in total. The molecule has 1 aliphatic carbocycles. The third-order valence-electron chi connectivity index (χ3n) is 3.85. The first-order valence-corrected chi connectivity index (χ1v) is 7.03. The van der Waals surface area contributed by atoms with Gasteiger partial charge in [-0.05, 0) is 42.2 Å². The van der Waals surface area contributed by atoms with Crippen LogP contribution in [0.2, 0.25) is 0 Å². The van der Waals surface area contributed by atoms with Crippen LogP contribution in [0.3, 0.4) is 0 Å². The summed E-state index contributed by atoms with van der Waals surface area (Å²) in [4.78, 5) is 22.9. The maximum Gasteiger partial charge on any atom is 0.243 e. The van der Waals surface area contributed by atoms with E-state index < -0.39 is 0 Å². The molecule has 0 aromatic heterocycles. The third kappa shape index (κ3) is 4.83. The summed E-state index contributed by atoms with van der Waals surface area (Å²) < 4.78 is 0. The van der Waals surface area contributed by atoms with Crippen molar-refractivity contribution in [3.63, 3.8) is 0 Å². The van der Waals surface area contributed by atoms with E-state index in [1.165, 1.54) is 12.2 Å². The molecule has 1 rings (SSSR count). The van der Waals surface area contributed by atoms with E-state index in [1.807, 2.05) is 0 Å². The fourth-order valence-electron chi connectivity index (χ4n) is 3.50. The number of hydrogen-bond donors (Lipinski definition) is 2. The molecule has 4 nitrogen and oxygen atoms in total. The second-order valence-electron chi connectivity index (χ2n) is 6.89. The van der Waals surface area contributed by atoms with Gasteiger partial charge in [0.1, 0.15) is 0 Å². The molecule has 0 saturated heterocycles. The highest BCUT2D eigenvalue weighted by atomic mass is 16.2. The third-order valence-corrected chi connectivity index (χ3v) is 3.85. The molecule has 1 saturated carbocycles. The van der Waals surface area contributed by atoms with Crippen molar-refractivity contribution in [3.05, 3.63) is 25.3 Å². The summed E-state index contributed by atoms with van der Waals surface area (Å²) in [5.74, 6) is -0.286. The van der Waals surface area contributed by atoms with Crippen molar-refractivity contribution in [2.75, 3.05) is 6.54 Å². The van der Waals surface area contributed by atoms with Crippen LogP contribution in [0.4, 0.5) is 0 Å². The second-order valence-corrected chi connectivity index (χ2v) is 6.89. The van der Waals surface area contributed by atoms with Crippen molar-refractivity contribution in [2.45, 2.75) is 46.1 Å². The smallest absolute Gasteiger partial charge is 0.243 e. The van der Waals surface area contributed by atoms with Crippen molar-refractivity contribution in [1.29, 1.82) is 0 Å². The van der Waals surface area contributed by atoms with Crippen LogP contribution in [0.1, 0.15) is 40.0 Å². The second kappa shape index (κ2) is 6.25. The maximum atomic E-state index is 11.5. The lowest BCUT2D eigenvalue weighted by Gasteiger charge is -2.46. The zero-order chi connectivity index (χ0) is 15.4. The Bertz CT molecular complexity index is 415. The van der Waals surface area contributed by atoms with Crippen molar-refractivity contribution in [2.24, 2.45) is 10.8 Å². The monoisotopic (exact) mass is 278 g/mol. The SMILES string of the molecule is C=CC(=O)NCC1(C)CC(NC(=O)C=C)CC(C)(C)C1. The first-order valence-electron chi connectivity index (χ1n) is 7.03. The highest BCUT2D eigenvalue weighted by Gasteiger charge is 2.41. The average molecular weight is 278 g/mol. The Kier molecular flexibility index (Phi) is 5.15. The lowest BCUT2D eigenvalue weighted by Crippen LogP contribution is -2.50. The van der Waals surface area contributed by atoms with Gasteiger partial charge >= 0.3 is 0 Å². The van der Waals surface area contributed by atoms with Gasteiger partial charge in [0.25, 0.3) is 0 Å². The van der Waals surface area contributed by atoms with Crippen molar-refractivity contribution in [1.82, 2.24) is 10.6 Å². The Morgan fingerprint density at radius 2 is 1.75 bits per heavy atom. The minimum atomic E-state index is -0.152. The summed E-state index contributed by atoms with van der Waals surface area (Å²) in [6.07, 6.45) is 5.40. The van der Waals surface area contributed by atoms with E-state index >= 15 is 0 Å². The molecular formula is C16H26N2O2. The van der Waals surface area contributed by atoms with E-state index in [9.17, 15) is 9.59 Å². The molecule has 0 aliphatic heterocycles. The molecule has 0 radical (unpaired) electrons. The van der Waals surface area contributed by atoms with Crippen molar-refractivity contribution >= 4 is 11.8 Å². The summed E-state index contributed by atoms with van der Waals surface area (Å²) >= 11 is 0. The van der Waals surface area contributed by atoms with Gasteiger partial charge in [0.05, 0.1) is 0 Å². The van der Waals surface area contributed by atoms with Crippen LogP contribution in [0.15, 0.2) is 25.3 Å². The molecule has 0 spiro atoms. The predicted molar refractivity (Wildman–Crippen MR) is 81.1 cm³/mol. The van der Waals surface area contributed by atoms with Crippen molar-refractivity contribution in [3.8, 4) is 0 Å². The molecule has 112 valence electrons. The maximum absolute atomic E-state index is 11.5. The van der Waals surface area contributed by atoms with Crippen LogP contribution in [-0.2, 0) is 9.59 Å². The molecule has 20 heavy (non-hydrogen) atoms. The van der Waals surface area contributed by atoms with Crippen molar-refractivity contribution < 1.29 is 9.59 Å². The minimum absolute atomic E-state index is 0.0282. The highest BCUT2D eigenvalue weighted by Crippen LogP contribution is 2.45. The van der Waals surface area contributed by atoms with Gasteiger partial charge in [-0.3, -0.25) is 9.59 Å². The standard InChI is InChI=1S/C16H26N2O2/c1-6-13(19)17-11-16(5)9-12(18-14(20)7-2)8-15(3,4)10-16/h6-7,12H,1-2,8-11H2,3-5H3,(H,17,19)(H,18,20). The van der Waals surface area contributed by atoms with E-state index in [0.717, 1.165) is 19.3 Å². The summed E-state index contributed by atoms with van der Waals surface area (Å²) in [7, 11) is 0. The normalized spacial score (nSPS) is 28.2. The van der Waals surface area contributed by atoms with E-state index in [0.29, 0.717) is 6.54 Å². The Morgan fingerprint density at radius 3 is 2.30 bits per heavy atom. The molecule has 2 unspecified atom stereocenters. The quantitative estimate of drug-likeness (QED) is 0.757. The molecule has 0 heterocycles. The summed E-state index contributed by atoms with van der Waals surface area (Å²) in [6, 6.07) is 0.120. The molecule has 2 atom stereocenters. The first-order chi connectivity index (χ1) is 9.19. The van der Waals surface area contributed by atoms with Gasteiger partial charge < -0.3 is 10.6 Å². The van der Waals surface area contributed by atoms with Crippen LogP contribution in [0.25, 0.3) is 0 Å². The number of amides is 2. The van der Waals surface area contributed by atoms with Crippen LogP contribution in [0.5, 0.6) is 0 Å². The predicted octanol–water partition coefficient (Wildman–Crippen LogP) is 2.18. The Morgan fingerprint density at radius 1 is 1.15 bits per heavy atom. The van der Waals surface area contributed by atoms with Gasteiger partial charge in [0.2, 0.25) is 11.8 Å². The molecule has 2 amide bonds. The van der Waals surface area contributed by atoms with Crippen LogP contribution >= 0.6 is 0 Å². The van der Waals surface area contributed by atoms with E-state index in [1.54, 1.807) is 0 Å². The zero-order valence-electron chi connectivity index (χ0n) is 12.8. The number of hydrogen-bond acceptors (Lipinski definition) is 2. The molecule has 0 aromatic carbocycles. The summed E-state index contributed by atoms with van der Waals surface area (Å²) in [6.45, 7) is 14.1. The van der Waals surface area contributed by atoms with Gasteiger partial charge in [0.15, 0.2) is 0 Å². The highest BCUT2D eigenvalue weighted by molar-refractivity contribution is 5.87.